The van der Waals surface area contributed by atoms with Crippen LogP contribution in [0.3, 0.4) is 0 Å². The molecule has 6 heteroatoms. The van der Waals surface area contributed by atoms with Gasteiger partial charge in [0.15, 0.2) is 5.65 Å². The van der Waals surface area contributed by atoms with E-state index in [1.165, 1.54) is 0 Å². The number of benzene rings is 1. The lowest BCUT2D eigenvalue weighted by Gasteiger charge is -2.09. The molecule has 0 bridgehead atoms. The van der Waals surface area contributed by atoms with Gasteiger partial charge in [-0.3, -0.25) is 4.57 Å². The maximum Gasteiger partial charge on any atom is 0.164 e. The van der Waals surface area contributed by atoms with Crippen LogP contribution in [0.2, 0.25) is 0 Å². The van der Waals surface area contributed by atoms with E-state index in [-0.39, 0.29) is 5.38 Å². The smallest absolute Gasteiger partial charge is 0.164 e. The molecule has 2 heterocycles. The van der Waals surface area contributed by atoms with E-state index in [4.69, 9.17) is 16.9 Å². The maximum absolute atomic E-state index is 8.90. The molecule has 0 aliphatic rings. The van der Waals surface area contributed by atoms with E-state index in [9.17, 15) is 0 Å². The highest BCUT2D eigenvalue weighted by Gasteiger charge is 2.17. The number of alkyl halides is 1. The summed E-state index contributed by atoms with van der Waals surface area (Å²) in [6.45, 7) is 1.87. The van der Waals surface area contributed by atoms with Gasteiger partial charge in [0.2, 0.25) is 0 Å². The highest BCUT2D eigenvalue weighted by molar-refractivity contribution is 9.10. The third-order valence-corrected chi connectivity index (χ3v) is 3.73. The van der Waals surface area contributed by atoms with Crippen LogP contribution in [0.1, 0.15) is 23.7 Å². The van der Waals surface area contributed by atoms with Gasteiger partial charge in [0.1, 0.15) is 11.3 Å². The topological polar surface area (TPSA) is 54.5 Å². The van der Waals surface area contributed by atoms with Gasteiger partial charge in [0.05, 0.1) is 17.0 Å². The van der Waals surface area contributed by atoms with Crippen LogP contribution >= 0.6 is 27.5 Å². The van der Waals surface area contributed by atoms with Crippen LogP contribution in [0.25, 0.3) is 16.9 Å². The van der Waals surface area contributed by atoms with Gasteiger partial charge in [0, 0.05) is 16.4 Å². The Morgan fingerprint density at radius 2 is 2.05 bits per heavy atom. The SMILES string of the molecule is CC(Cl)c1nc2cc(Br)cnc2n1-c1ccc(C#N)cc1. The van der Waals surface area contributed by atoms with Crippen LogP contribution in [-0.2, 0) is 0 Å². The van der Waals surface area contributed by atoms with Crippen molar-refractivity contribution in [2.75, 3.05) is 0 Å². The summed E-state index contributed by atoms with van der Waals surface area (Å²) in [6, 6.07) is 11.3. The molecule has 1 atom stereocenters. The second-order valence-electron chi connectivity index (χ2n) is 4.58. The molecule has 0 fully saturated rings. The number of rotatable bonds is 2. The van der Waals surface area contributed by atoms with Crippen molar-refractivity contribution in [3.63, 3.8) is 0 Å². The zero-order valence-corrected chi connectivity index (χ0v) is 13.4. The lowest BCUT2D eigenvalue weighted by atomic mass is 10.2. The molecule has 0 N–H and O–H groups in total. The lowest BCUT2D eigenvalue weighted by molar-refractivity contribution is 0.877. The Kier molecular flexibility index (Phi) is 3.66. The first-order valence-corrected chi connectivity index (χ1v) is 7.51. The minimum Gasteiger partial charge on any atom is -0.279 e. The second kappa shape index (κ2) is 5.47. The van der Waals surface area contributed by atoms with E-state index in [0.717, 1.165) is 27.1 Å². The second-order valence-corrected chi connectivity index (χ2v) is 6.15. The van der Waals surface area contributed by atoms with Crippen LogP contribution in [0.4, 0.5) is 0 Å². The first-order chi connectivity index (χ1) is 10.1. The molecule has 0 radical (unpaired) electrons. The number of hydrogen-bond donors (Lipinski definition) is 0. The quantitative estimate of drug-likeness (QED) is 0.637. The van der Waals surface area contributed by atoms with E-state index < -0.39 is 0 Å². The Bertz CT molecular complexity index is 846. The standard InChI is InChI=1S/C15H10BrClN4/c1-9(17)14-20-13-6-11(16)8-19-15(13)21(14)12-4-2-10(7-18)3-5-12/h2-6,8-9H,1H3. The van der Waals surface area contributed by atoms with Crippen molar-refractivity contribution < 1.29 is 0 Å². The monoisotopic (exact) mass is 360 g/mol. The zero-order chi connectivity index (χ0) is 15.0. The van der Waals surface area contributed by atoms with Crippen LogP contribution in [0, 0.1) is 11.3 Å². The summed E-state index contributed by atoms with van der Waals surface area (Å²) in [5.41, 5.74) is 3.01. The van der Waals surface area contributed by atoms with Crippen molar-refractivity contribution in [1.29, 1.82) is 5.26 Å². The van der Waals surface area contributed by atoms with E-state index in [0.29, 0.717) is 5.56 Å². The van der Waals surface area contributed by atoms with Gasteiger partial charge >= 0.3 is 0 Å². The first kappa shape index (κ1) is 14.1. The molecule has 4 nitrogen and oxygen atoms in total. The normalized spacial score (nSPS) is 12.3. The number of aromatic nitrogens is 3. The average molecular weight is 362 g/mol. The van der Waals surface area contributed by atoms with Crippen molar-refractivity contribution >= 4 is 38.7 Å². The van der Waals surface area contributed by atoms with Gasteiger partial charge in [-0.05, 0) is 53.2 Å². The largest absolute Gasteiger partial charge is 0.279 e. The summed E-state index contributed by atoms with van der Waals surface area (Å²) >= 11 is 9.65. The molecule has 0 amide bonds. The van der Waals surface area contributed by atoms with Crippen molar-refractivity contribution in [3.05, 3.63) is 52.4 Å². The van der Waals surface area contributed by atoms with Crippen molar-refractivity contribution in [2.45, 2.75) is 12.3 Å². The van der Waals surface area contributed by atoms with Gasteiger partial charge < -0.3 is 0 Å². The lowest BCUT2D eigenvalue weighted by Crippen LogP contribution is -2.02. The van der Waals surface area contributed by atoms with E-state index in [2.05, 4.69) is 32.0 Å². The van der Waals surface area contributed by atoms with Gasteiger partial charge in [-0.25, -0.2) is 9.97 Å². The zero-order valence-electron chi connectivity index (χ0n) is 11.1. The van der Waals surface area contributed by atoms with E-state index >= 15 is 0 Å². The molecule has 1 unspecified atom stereocenters. The number of nitriles is 1. The van der Waals surface area contributed by atoms with Crippen molar-refractivity contribution in [3.8, 4) is 11.8 Å². The van der Waals surface area contributed by atoms with Crippen molar-refractivity contribution in [2.24, 2.45) is 0 Å². The van der Waals surface area contributed by atoms with Crippen LogP contribution in [0.5, 0.6) is 0 Å². The summed E-state index contributed by atoms with van der Waals surface area (Å²) in [5, 5.41) is 8.64. The Labute approximate surface area is 135 Å². The van der Waals surface area contributed by atoms with Crippen LogP contribution in [0.15, 0.2) is 41.0 Å². The number of nitrogens with zero attached hydrogens (tertiary/aromatic N) is 4. The molecule has 0 saturated heterocycles. The van der Waals surface area contributed by atoms with Crippen LogP contribution in [-0.4, -0.2) is 14.5 Å². The molecule has 3 rings (SSSR count). The average Bonchev–Trinajstić information content (AvgIpc) is 2.86. The molecule has 1 aromatic carbocycles. The maximum atomic E-state index is 8.90. The minimum atomic E-state index is -0.256. The molecule has 21 heavy (non-hydrogen) atoms. The van der Waals surface area contributed by atoms with E-state index in [1.54, 1.807) is 18.3 Å². The highest BCUT2D eigenvalue weighted by Crippen LogP contribution is 2.28. The first-order valence-electron chi connectivity index (χ1n) is 6.28. The van der Waals surface area contributed by atoms with E-state index in [1.807, 2.05) is 29.7 Å². The van der Waals surface area contributed by atoms with Gasteiger partial charge in [0.25, 0.3) is 0 Å². The van der Waals surface area contributed by atoms with Gasteiger partial charge in [-0.15, -0.1) is 11.6 Å². The summed E-state index contributed by atoms with van der Waals surface area (Å²) in [5.74, 6) is 0.724. The minimum absolute atomic E-state index is 0.256. The number of imidazole rings is 1. The van der Waals surface area contributed by atoms with Gasteiger partial charge in [-0.2, -0.15) is 5.26 Å². The molecular weight excluding hydrogens is 352 g/mol. The molecule has 0 aliphatic carbocycles. The fourth-order valence-electron chi connectivity index (χ4n) is 2.16. The Morgan fingerprint density at radius 3 is 2.67 bits per heavy atom. The summed E-state index contributed by atoms with van der Waals surface area (Å²) in [6.07, 6.45) is 1.73. The summed E-state index contributed by atoms with van der Waals surface area (Å²) < 4.78 is 2.79. The number of hydrogen-bond acceptors (Lipinski definition) is 3. The third-order valence-electron chi connectivity index (χ3n) is 3.10. The Balaban J connectivity index is 2.28. The van der Waals surface area contributed by atoms with Gasteiger partial charge in [-0.1, -0.05) is 0 Å². The highest BCUT2D eigenvalue weighted by atomic mass is 79.9. The van der Waals surface area contributed by atoms with Crippen LogP contribution < -0.4 is 0 Å². The molecule has 104 valence electrons. The number of pyridine rings is 1. The molecule has 2 aromatic heterocycles. The third kappa shape index (κ3) is 2.53. The predicted molar refractivity (Wildman–Crippen MR) is 85.5 cm³/mol. The summed E-state index contributed by atoms with van der Waals surface area (Å²) in [4.78, 5) is 9.00. The Hall–Kier alpha value is -1.90. The molecular formula is C15H10BrClN4. The molecule has 0 aliphatic heterocycles. The fourth-order valence-corrected chi connectivity index (χ4v) is 2.63. The van der Waals surface area contributed by atoms with Crippen molar-refractivity contribution in [1.82, 2.24) is 14.5 Å². The summed E-state index contributed by atoms with van der Waals surface area (Å²) in [7, 11) is 0. The molecule has 0 spiro atoms. The molecule has 3 aromatic rings. The number of fused-ring (bicyclic) bond motifs is 1. The number of halogens is 2. The molecule has 0 saturated carbocycles. The predicted octanol–water partition coefficient (Wildman–Crippen LogP) is 4.35. The Morgan fingerprint density at radius 1 is 1.33 bits per heavy atom. The fraction of sp³-hybridized carbons (Fsp3) is 0.133.